The highest BCUT2D eigenvalue weighted by atomic mass is 16.2. The molecule has 126 valence electrons. The van der Waals surface area contributed by atoms with Crippen LogP contribution >= 0.6 is 0 Å². The average molecular weight is 325 g/mol. The maximum Gasteiger partial charge on any atom is 0.318 e. The highest BCUT2D eigenvalue weighted by Crippen LogP contribution is 2.20. The number of nitrogens with zero attached hydrogens (tertiary/aromatic N) is 1. The summed E-state index contributed by atoms with van der Waals surface area (Å²) in [5.74, 6) is -0.0963. The zero-order valence-corrected chi connectivity index (χ0v) is 14.1. The fourth-order valence-electron chi connectivity index (χ4n) is 3.05. The molecule has 3 amide bonds. The molecule has 2 N–H and O–H groups in total. The van der Waals surface area contributed by atoms with Crippen molar-refractivity contribution >= 4 is 22.7 Å². The smallest absolute Gasteiger partial charge is 0.318 e. The number of fused-ring (bicyclic) bond motifs is 1. The molecule has 0 spiro atoms. The molecule has 2 aromatic carbocycles. The van der Waals surface area contributed by atoms with Crippen LogP contribution in [0.3, 0.4) is 0 Å². The van der Waals surface area contributed by atoms with Crippen molar-refractivity contribution in [2.24, 2.45) is 0 Å². The van der Waals surface area contributed by atoms with E-state index in [1.165, 1.54) is 5.39 Å². The first-order valence-electron chi connectivity index (χ1n) is 8.40. The molecule has 1 aliphatic rings. The van der Waals surface area contributed by atoms with Crippen molar-refractivity contribution < 1.29 is 9.59 Å². The first kappa shape index (κ1) is 16.3. The SMILES string of the molecule is C[C@@H](NC(=O)N1CCCNC(=O)[C@@H]1C)c1ccc2ccccc2c1. The van der Waals surface area contributed by atoms with Crippen LogP contribution in [-0.2, 0) is 4.79 Å². The Morgan fingerprint density at radius 2 is 2.00 bits per heavy atom. The zero-order valence-electron chi connectivity index (χ0n) is 14.1. The van der Waals surface area contributed by atoms with E-state index in [0.717, 1.165) is 17.4 Å². The van der Waals surface area contributed by atoms with Crippen LogP contribution < -0.4 is 10.6 Å². The Balaban J connectivity index is 1.73. The molecule has 5 heteroatoms. The minimum atomic E-state index is -0.448. The minimum absolute atomic E-state index is 0.0963. The normalized spacial score (nSPS) is 19.5. The number of rotatable bonds is 2. The maximum absolute atomic E-state index is 12.6. The molecule has 1 saturated heterocycles. The Hall–Kier alpha value is -2.56. The lowest BCUT2D eigenvalue weighted by atomic mass is 10.0. The fraction of sp³-hybridized carbons (Fsp3) is 0.368. The van der Waals surface area contributed by atoms with Gasteiger partial charge in [0.1, 0.15) is 6.04 Å². The lowest BCUT2D eigenvalue weighted by Gasteiger charge is -2.27. The standard InChI is InChI=1S/C19H23N3O2/c1-13(16-9-8-15-6-3-4-7-17(15)12-16)21-19(24)22-11-5-10-20-18(23)14(22)2/h3-4,6-9,12-14H,5,10-11H2,1-2H3,(H,20,23)(H,21,24)/t13-,14+/m1/s1. The third-order valence-electron chi connectivity index (χ3n) is 4.60. The van der Waals surface area contributed by atoms with E-state index in [1.807, 2.05) is 25.1 Å². The number of carbonyl (C=O) groups excluding carboxylic acids is 2. The Bertz CT molecular complexity index is 759. The molecular formula is C19H23N3O2. The monoisotopic (exact) mass is 325 g/mol. The van der Waals surface area contributed by atoms with E-state index in [9.17, 15) is 9.59 Å². The van der Waals surface area contributed by atoms with E-state index in [2.05, 4.69) is 34.9 Å². The Labute approximate surface area is 142 Å². The summed E-state index contributed by atoms with van der Waals surface area (Å²) in [6, 6.07) is 13.6. The molecule has 1 aliphatic heterocycles. The van der Waals surface area contributed by atoms with Gasteiger partial charge in [0.15, 0.2) is 0 Å². The van der Waals surface area contributed by atoms with Crippen molar-refractivity contribution in [3.63, 3.8) is 0 Å². The zero-order chi connectivity index (χ0) is 17.1. The molecular weight excluding hydrogens is 302 g/mol. The second-order valence-electron chi connectivity index (χ2n) is 6.29. The molecule has 0 aromatic heterocycles. The second-order valence-corrected chi connectivity index (χ2v) is 6.29. The van der Waals surface area contributed by atoms with E-state index in [-0.39, 0.29) is 18.0 Å². The molecule has 0 radical (unpaired) electrons. The van der Waals surface area contributed by atoms with Gasteiger partial charge in [-0.15, -0.1) is 0 Å². The molecule has 0 unspecified atom stereocenters. The van der Waals surface area contributed by atoms with E-state index in [0.29, 0.717) is 13.1 Å². The van der Waals surface area contributed by atoms with Gasteiger partial charge >= 0.3 is 6.03 Å². The van der Waals surface area contributed by atoms with Crippen molar-refractivity contribution in [2.45, 2.75) is 32.4 Å². The van der Waals surface area contributed by atoms with Crippen LogP contribution in [0.4, 0.5) is 4.79 Å². The third kappa shape index (κ3) is 3.35. The predicted octanol–water partition coefficient (Wildman–Crippen LogP) is 2.82. The van der Waals surface area contributed by atoms with Crippen molar-refractivity contribution in [1.29, 1.82) is 0 Å². The average Bonchev–Trinajstić information content (AvgIpc) is 2.76. The van der Waals surface area contributed by atoms with Gasteiger partial charge in [-0.1, -0.05) is 36.4 Å². The van der Waals surface area contributed by atoms with Gasteiger partial charge in [-0.25, -0.2) is 4.79 Å². The van der Waals surface area contributed by atoms with Crippen LogP contribution in [0, 0.1) is 0 Å². The maximum atomic E-state index is 12.6. The van der Waals surface area contributed by atoms with E-state index in [4.69, 9.17) is 0 Å². The second kappa shape index (κ2) is 6.91. The van der Waals surface area contributed by atoms with Crippen LogP contribution in [-0.4, -0.2) is 36.0 Å². The predicted molar refractivity (Wildman–Crippen MR) is 94.7 cm³/mol. The highest BCUT2D eigenvalue weighted by Gasteiger charge is 2.28. The molecule has 2 atom stereocenters. The van der Waals surface area contributed by atoms with Crippen LogP contribution in [0.25, 0.3) is 10.8 Å². The number of urea groups is 1. The van der Waals surface area contributed by atoms with E-state index < -0.39 is 6.04 Å². The highest BCUT2D eigenvalue weighted by molar-refractivity contribution is 5.87. The van der Waals surface area contributed by atoms with Gasteiger partial charge in [-0.3, -0.25) is 4.79 Å². The number of hydrogen-bond donors (Lipinski definition) is 2. The summed E-state index contributed by atoms with van der Waals surface area (Å²) < 4.78 is 0. The van der Waals surface area contributed by atoms with Gasteiger partial charge in [0.05, 0.1) is 6.04 Å². The number of amides is 3. The Morgan fingerprint density at radius 3 is 2.79 bits per heavy atom. The summed E-state index contributed by atoms with van der Waals surface area (Å²) >= 11 is 0. The van der Waals surface area contributed by atoms with Gasteiger partial charge in [-0.2, -0.15) is 0 Å². The summed E-state index contributed by atoms with van der Waals surface area (Å²) in [6.07, 6.45) is 0.772. The van der Waals surface area contributed by atoms with E-state index >= 15 is 0 Å². The van der Waals surface area contributed by atoms with Gasteiger partial charge in [0.25, 0.3) is 0 Å². The molecule has 24 heavy (non-hydrogen) atoms. The molecule has 1 fully saturated rings. The third-order valence-corrected chi connectivity index (χ3v) is 4.60. The summed E-state index contributed by atoms with van der Waals surface area (Å²) in [5, 5.41) is 8.17. The van der Waals surface area contributed by atoms with Crippen molar-refractivity contribution in [2.75, 3.05) is 13.1 Å². The van der Waals surface area contributed by atoms with Crippen molar-refractivity contribution in [1.82, 2.24) is 15.5 Å². The molecule has 2 aromatic rings. The largest absolute Gasteiger partial charge is 0.354 e. The topological polar surface area (TPSA) is 61.4 Å². The molecule has 5 nitrogen and oxygen atoms in total. The lowest BCUT2D eigenvalue weighted by molar-refractivity contribution is -0.124. The van der Waals surface area contributed by atoms with Crippen LogP contribution in [0.5, 0.6) is 0 Å². The number of hydrogen-bond acceptors (Lipinski definition) is 2. The molecule has 0 saturated carbocycles. The fourth-order valence-corrected chi connectivity index (χ4v) is 3.05. The van der Waals surface area contributed by atoms with Gasteiger partial charge in [0.2, 0.25) is 5.91 Å². The van der Waals surface area contributed by atoms with Crippen molar-refractivity contribution in [3.05, 3.63) is 48.0 Å². The van der Waals surface area contributed by atoms with Gasteiger partial charge < -0.3 is 15.5 Å². The van der Waals surface area contributed by atoms with Crippen molar-refractivity contribution in [3.8, 4) is 0 Å². The van der Waals surface area contributed by atoms with Gasteiger partial charge in [0, 0.05) is 13.1 Å². The van der Waals surface area contributed by atoms with Crippen LogP contribution in [0.1, 0.15) is 31.9 Å². The number of nitrogens with one attached hydrogen (secondary N) is 2. The molecule has 0 bridgehead atoms. The van der Waals surface area contributed by atoms with Crippen LogP contribution in [0.15, 0.2) is 42.5 Å². The first-order chi connectivity index (χ1) is 11.6. The lowest BCUT2D eigenvalue weighted by Crippen LogP contribution is -2.49. The summed E-state index contributed by atoms with van der Waals surface area (Å²) in [7, 11) is 0. The minimum Gasteiger partial charge on any atom is -0.354 e. The number of benzene rings is 2. The van der Waals surface area contributed by atoms with Crippen LogP contribution in [0.2, 0.25) is 0 Å². The Kier molecular flexibility index (Phi) is 4.69. The first-order valence-corrected chi connectivity index (χ1v) is 8.40. The number of carbonyl (C=O) groups is 2. The van der Waals surface area contributed by atoms with Gasteiger partial charge in [-0.05, 0) is 42.7 Å². The Morgan fingerprint density at radius 1 is 1.25 bits per heavy atom. The summed E-state index contributed by atoms with van der Waals surface area (Å²) in [6.45, 7) is 4.93. The quantitative estimate of drug-likeness (QED) is 0.892. The summed E-state index contributed by atoms with van der Waals surface area (Å²) in [5.41, 5.74) is 1.05. The van der Waals surface area contributed by atoms with E-state index in [1.54, 1.807) is 11.8 Å². The molecule has 1 heterocycles. The summed E-state index contributed by atoms with van der Waals surface area (Å²) in [4.78, 5) is 26.1. The molecule has 0 aliphatic carbocycles. The molecule has 3 rings (SSSR count).